The van der Waals surface area contributed by atoms with Crippen LogP contribution < -0.4 is 0 Å². The van der Waals surface area contributed by atoms with Gasteiger partial charge >= 0.3 is 0 Å². The van der Waals surface area contributed by atoms with Gasteiger partial charge in [-0.15, -0.1) is 5.10 Å². The Kier molecular flexibility index (Phi) is 3.57. The van der Waals surface area contributed by atoms with Crippen molar-refractivity contribution in [2.75, 3.05) is 0 Å². The van der Waals surface area contributed by atoms with Gasteiger partial charge in [-0.1, -0.05) is 34.5 Å². The van der Waals surface area contributed by atoms with Crippen LogP contribution in [0.25, 0.3) is 0 Å². The van der Waals surface area contributed by atoms with Crippen LogP contribution in [0.5, 0.6) is 0 Å². The molecule has 0 aliphatic heterocycles. The Hall–Kier alpha value is -1.64. The summed E-state index contributed by atoms with van der Waals surface area (Å²) in [5, 5.41) is 8.21. The molecule has 0 aliphatic rings. The fraction of sp³-hybridized carbons (Fsp3) is 0.429. The molecule has 2 rings (SSSR count). The predicted molar refractivity (Wildman–Crippen MR) is 69.0 cm³/mol. The molecular formula is C14H19N3. The zero-order valence-electron chi connectivity index (χ0n) is 10.8. The lowest BCUT2D eigenvalue weighted by Gasteiger charge is -2.03. The minimum Gasteiger partial charge on any atom is -0.253 e. The first kappa shape index (κ1) is 11.8. The van der Waals surface area contributed by atoms with E-state index in [1.54, 1.807) is 0 Å². The van der Waals surface area contributed by atoms with Crippen LogP contribution in [0, 0.1) is 13.8 Å². The van der Waals surface area contributed by atoms with Crippen molar-refractivity contribution in [2.24, 2.45) is 0 Å². The summed E-state index contributed by atoms with van der Waals surface area (Å²) in [5.41, 5.74) is 5.12. The molecule has 90 valence electrons. The molecule has 3 heteroatoms. The maximum absolute atomic E-state index is 4.16. The van der Waals surface area contributed by atoms with E-state index in [2.05, 4.69) is 49.3 Å². The van der Waals surface area contributed by atoms with Crippen LogP contribution in [0.1, 0.15) is 29.3 Å². The van der Waals surface area contributed by atoms with Crippen molar-refractivity contribution in [1.82, 2.24) is 15.0 Å². The molecule has 1 aromatic carbocycles. The molecule has 0 spiro atoms. The summed E-state index contributed by atoms with van der Waals surface area (Å²) in [7, 11) is 0. The van der Waals surface area contributed by atoms with Crippen molar-refractivity contribution in [3.05, 3.63) is 46.8 Å². The highest BCUT2D eigenvalue weighted by molar-refractivity contribution is 5.28. The second-order valence-electron chi connectivity index (χ2n) is 4.56. The highest BCUT2D eigenvalue weighted by Gasteiger charge is 2.01. The monoisotopic (exact) mass is 229 g/mol. The van der Waals surface area contributed by atoms with Gasteiger partial charge in [-0.25, -0.2) is 0 Å². The van der Waals surface area contributed by atoms with Crippen LogP contribution in [-0.2, 0) is 19.4 Å². The van der Waals surface area contributed by atoms with E-state index in [1.807, 2.05) is 10.9 Å². The second kappa shape index (κ2) is 5.13. The maximum atomic E-state index is 4.16. The highest BCUT2D eigenvalue weighted by atomic mass is 15.4. The molecule has 0 fully saturated rings. The lowest BCUT2D eigenvalue weighted by atomic mass is 10.0. The maximum Gasteiger partial charge on any atom is 0.0830 e. The minimum atomic E-state index is 0.885. The summed E-state index contributed by atoms with van der Waals surface area (Å²) in [6, 6.07) is 6.70. The van der Waals surface area contributed by atoms with Crippen LogP contribution in [0.3, 0.4) is 0 Å². The average Bonchev–Trinajstić information content (AvgIpc) is 2.73. The molecule has 0 bridgehead atoms. The third-order valence-corrected chi connectivity index (χ3v) is 2.86. The van der Waals surface area contributed by atoms with Gasteiger partial charge in [-0.2, -0.15) is 0 Å². The molecule has 0 saturated heterocycles. The predicted octanol–water partition coefficient (Wildman–Crippen LogP) is 2.70. The Bertz CT molecular complexity index is 480. The summed E-state index contributed by atoms with van der Waals surface area (Å²) >= 11 is 0. The van der Waals surface area contributed by atoms with Crippen LogP contribution >= 0.6 is 0 Å². The fourth-order valence-corrected chi connectivity index (χ4v) is 2.09. The average molecular weight is 229 g/mol. The SMILES string of the molecule is CCn1cc(CCc2cc(C)cc(C)c2)nn1. The van der Waals surface area contributed by atoms with Gasteiger partial charge in [0.1, 0.15) is 0 Å². The van der Waals surface area contributed by atoms with Crippen molar-refractivity contribution >= 4 is 0 Å². The number of benzene rings is 1. The smallest absolute Gasteiger partial charge is 0.0830 e. The van der Waals surface area contributed by atoms with Gasteiger partial charge in [-0.3, -0.25) is 4.68 Å². The molecule has 0 radical (unpaired) electrons. The standard InChI is InChI=1S/C14H19N3/c1-4-17-10-14(15-16-17)6-5-13-8-11(2)7-12(3)9-13/h7-10H,4-6H2,1-3H3. The van der Waals surface area contributed by atoms with Crippen LogP contribution in [0.2, 0.25) is 0 Å². The van der Waals surface area contributed by atoms with Crippen LogP contribution in [0.4, 0.5) is 0 Å². The third-order valence-electron chi connectivity index (χ3n) is 2.86. The Balaban J connectivity index is 2.01. The molecule has 3 nitrogen and oxygen atoms in total. The fourth-order valence-electron chi connectivity index (χ4n) is 2.09. The molecule has 0 amide bonds. The van der Waals surface area contributed by atoms with Crippen molar-refractivity contribution in [1.29, 1.82) is 0 Å². The quantitative estimate of drug-likeness (QED) is 0.807. The van der Waals surface area contributed by atoms with Gasteiger partial charge in [0.15, 0.2) is 0 Å². The highest BCUT2D eigenvalue weighted by Crippen LogP contribution is 2.11. The van der Waals surface area contributed by atoms with Gasteiger partial charge < -0.3 is 0 Å². The van der Waals surface area contributed by atoms with E-state index in [0.717, 1.165) is 25.1 Å². The molecule has 17 heavy (non-hydrogen) atoms. The zero-order chi connectivity index (χ0) is 12.3. The summed E-state index contributed by atoms with van der Waals surface area (Å²) < 4.78 is 1.87. The Morgan fingerprint density at radius 2 is 1.76 bits per heavy atom. The van der Waals surface area contributed by atoms with Gasteiger partial charge in [-0.05, 0) is 39.2 Å². The number of hydrogen-bond acceptors (Lipinski definition) is 2. The first-order valence-electron chi connectivity index (χ1n) is 6.13. The number of aryl methyl sites for hydroxylation is 5. The molecule has 0 aliphatic carbocycles. The van der Waals surface area contributed by atoms with Crippen molar-refractivity contribution in [3.63, 3.8) is 0 Å². The van der Waals surface area contributed by atoms with Crippen molar-refractivity contribution in [2.45, 2.75) is 40.2 Å². The molecule has 1 heterocycles. The number of nitrogens with zero attached hydrogens (tertiary/aromatic N) is 3. The molecule has 0 N–H and O–H groups in total. The van der Waals surface area contributed by atoms with Crippen LogP contribution in [-0.4, -0.2) is 15.0 Å². The molecular weight excluding hydrogens is 210 g/mol. The lowest BCUT2D eigenvalue weighted by Crippen LogP contribution is -1.94. The Morgan fingerprint density at radius 1 is 1.06 bits per heavy atom. The molecule has 1 aromatic heterocycles. The van der Waals surface area contributed by atoms with E-state index < -0.39 is 0 Å². The van der Waals surface area contributed by atoms with E-state index in [9.17, 15) is 0 Å². The lowest BCUT2D eigenvalue weighted by molar-refractivity contribution is 0.626. The van der Waals surface area contributed by atoms with Gasteiger partial charge in [0.2, 0.25) is 0 Å². The summed E-state index contributed by atoms with van der Waals surface area (Å²) in [5.74, 6) is 0. The van der Waals surface area contributed by atoms with Gasteiger partial charge in [0.25, 0.3) is 0 Å². The van der Waals surface area contributed by atoms with E-state index >= 15 is 0 Å². The summed E-state index contributed by atoms with van der Waals surface area (Å²) in [6.07, 6.45) is 4.02. The largest absolute Gasteiger partial charge is 0.253 e. The van der Waals surface area contributed by atoms with Gasteiger partial charge in [0.05, 0.1) is 5.69 Å². The number of hydrogen-bond donors (Lipinski definition) is 0. The minimum absolute atomic E-state index is 0.885. The Labute approximate surface area is 102 Å². The van der Waals surface area contributed by atoms with Crippen molar-refractivity contribution in [3.8, 4) is 0 Å². The topological polar surface area (TPSA) is 30.7 Å². The molecule has 0 unspecified atom stereocenters. The summed E-state index contributed by atoms with van der Waals surface area (Å²) in [6.45, 7) is 7.24. The molecule has 2 aromatic rings. The van der Waals surface area contributed by atoms with Gasteiger partial charge in [0, 0.05) is 12.7 Å². The van der Waals surface area contributed by atoms with E-state index in [-0.39, 0.29) is 0 Å². The van der Waals surface area contributed by atoms with Crippen LogP contribution in [0.15, 0.2) is 24.4 Å². The first-order chi connectivity index (χ1) is 8.17. The van der Waals surface area contributed by atoms with E-state index in [4.69, 9.17) is 0 Å². The first-order valence-corrected chi connectivity index (χ1v) is 6.13. The zero-order valence-corrected chi connectivity index (χ0v) is 10.8. The van der Waals surface area contributed by atoms with E-state index in [1.165, 1.54) is 16.7 Å². The van der Waals surface area contributed by atoms with Crippen molar-refractivity contribution < 1.29 is 0 Å². The van der Waals surface area contributed by atoms with E-state index in [0.29, 0.717) is 0 Å². The normalized spacial score (nSPS) is 10.8. The molecule has 0 atom stereocenters. The number of rotatable bonds is 4. The Morgan fingerprint density at radius 3 is 2.35 bits per heavy atom. The third kappa shape index (κ3) is 3.16. The summed E-state index contributed by atoms with van der Waals surface area (Å²) in [4.78, 5) is 0. The second-order valence-corrected chi connectivity index (χ2v) is 4.56. The molecule has 0 saturated carbocycles. The number of aromatic nitrogens is 3.